The molecule has 0 aliphatic carbocycles. The van der Waals surface area contributed by atoms with Crippen molar-refractivity contribution < 1.29 is 9.46 Å². The highest BCUT2D eigenvalue weighted by atomic mass is 31.2. The Bertz CT molecular complexity index is 975. The zero-order valence-corrected chi connectivity index (χ0v) is 13.3. The fourth-order valence-electron chi connectivity index (χ4n) is 3.07. The molecule has 0 aliphatic rings. The first kappa shape index (κ1) is 14.2. The van der Waals surface area contributed by atoms with Crippen molar-refractivity contribution in [2.24, 2.45) is 0 Å². The zero-order chi connectivity index (χ0) is 15.9. The average molecular weight is 318 g/mol. The Balaban J connectivity index is 2.04. The monoisotopic (exact) mass is 318 g/mol. The van der Waals surface area contributed by atoms with Crippen molar-refractivity contribution in [2.45, 2.75) is 0 Å². The fraction of sp³-hybridized carbons (Fsp3) is 0. The van der Waals surface area contributed by atoms with Crippen LogP contribution in [-0.4, -0.2) is 4.89 Å². The van der Waals surface area contributed by atoms with Gasteiger partial charge in [0.2, 0.25) is 0 Å². The molecule has 0 atom stereocenters. The second kappa shape index (κ2) is 5.34. The Morgan fingerprint density at radius 1 is 0.565 bits per heavy atom. The van der Waals surface area contributed by atoms with Crippen molar-refractivity contribution in [3.05, 3.63) is 84.9 Å². The second-order valence-corrected chi connectivity index (χ2v) is 7.69. The third-order valence-electron chi connectivity index (χ3n) is 4.19. The van der Waals surface area contributed by atoms with Crippen LogP contribution >= 0.6 is 7.37 Å². The molecule has 4 aromatic rings. The minimum Gasteiger partial charge on any atom is -0.338 e. The molecule has 0 bridgehead atoms. The van der Waals surface area contributed by atoms with Gasteiger partial charge in [-0.1, -0.05) is 72.8 Å². The van der Waals surface area contributed by atoms with Crippen LogP contribution in [0.4, 0.5) is 0 Å². The summed E-state index contributed by atoms with van der Waals surface area (Å²) in [7, 11) is -3.69. The molecular weight excluding hydrogens is 303 g/mol. The molecule has 4 rings (SSSR count). The number of hydrogen-bond acceptors (Lipinski definition) is 1. The van der Waals surface area contributed by atoms with Gasteiger partial charge in [0.1, 0.15) is 0 Å². The highest BCUT2D eigenvalue weighted by Crippen LogP contribution is 2.42. The van der Waals surface area contributed by atoms with E-state index in [1.807, 2.05) is 72.8 Å². The molecule has 112 valence electrons. The van der Waals surface area contributed by atoms with Gasteiger partial charge < -0.3 is 4.89 Å². The van der Waals surface area contributed by atoms with E-state index < -0.39 is 7.37 Å². The van der Waals surface area contributed by atoms with Gasteiger partial charge in [0.25, 0.3) is 7.37 Å². The molecule has 0 aromatic heterocycles. The summed E-state index contributed by atoms with van der Waals surface area (Å²) in [6, 6.07) is 26.5. The summed E-state index contributed by atoms with van der Waals surface area (Å²) in [4.78, 5) is 11.0. The molecule has 0 fully saturated rings. The van der Waals surface area contributed by atoms with Crippen molar-refractivity contribution in [3.8, 4) is 0 Å². The van der Waals surface area contributed by atoms with Gasteiger partial charge in [-0.05, 0) is 33.7 Å². The van der Waals surface area contributed by atoms with Crippen LogP contribution in [0.2, 0.25) is 0 Å². The lowest BCUT2D eigenvalue weighted by molar-refractivity contribution is 0.501. The maximum Gasteiger partial charge on any atom is 0.259 e. The average Bonchev–Trinajstić information content (AvgIpc) is 2.60. The molecule has 4 aromatic carbocycles. The molecule has 0 saturated heterocycles. The van der Waals surface area contributed by atoms with Gasteiger partial charge in [0, 0.05) is 10.6 Å². The standard InChI is InChI=1S/C20H15O2P/c21-23(22,19-13-5-9-15-7-1-3-11-17(15)19)20-14-6-10-16-8-2-4-12-18(16)20/h1-14H,(H,21,22). The Morgan fingerprint density at radius 2 is 0.957 bits per heavy atom. The van der Waals surface area contributed by atoms with E-state index in [2.05, 4.69) is 0 Å². The summed E-state index contributed by atoms with van der Waals surface area (Å²) >= 11 is 0. The van der Waals surface area contributed by atoms with Crippen molar-refractivity contribution in [2.75, 3.05) is 0 Å². The van der Waals surface area contributed by atoms with Crippen LogP contribution in [0.3, 0.4) is 0 Å². The maximum atomic E-state index is 13.4. The molecule has 0 amide bonds. The van der Waals surface area contributed by atoms with E-state index in [-0.39, 0.29) is 0 Å². The van der Waals surface area contributed by atoms with Gasteiger partial charge in [-0.3, -0.25) is 4.57 Å². The minimum atomic E-state index is -3.69. The fourth-order valence-corrected chi connectivity index (χ4v) is 4.97. The topological polar surface area (TPSA) is 37.3 Å². The molecule has 0 saturated carbocycles. The van der Waals surface area contributed by atoms with Gasteiger partial charge in [0.05, 0.1) is 0 Å². The molecule has 0 heterocycles. The van der Waals surface area contributed by atoms with Gasteiger partial charge in [-0.15, -0.1) is 0 Å². The third kappa shape index (κ3) is 2.28. The van der Waals surface area contributed by atoms with Gasteiger partial charge in [-0.25, -0.2) is 0 Å². The number of rotatable bonds is 2. The Kier molecular flexibility index (Phi) is 3.30. The smallest absolute Gasteiger partial charge is 0.259 e. The summed E-state index contributed by atoms with van der Waals surface area (Å²) in [5.74, 6) is 0. The molecule has 3 heteroatoms. The van der Waals surface area contributed by atoms with E-state index in [1.165, 1.54) is 0 Å². The van der Waals surface area contributed by atoms with Crippen LogP contribution in [0.15, 0.2) is 84.9 Å². The quantitative estimate of drug-likeness (QED) is 0.562. The zero-order valence-electron chi connectivity index (χ0n) is 12.4. The predicted molar refractivity (Wildman–Crippen MR) is 97.0 cm³/mol. The van der Waals surface area contributed by atoms with E-state index in [0.717, 1.165) is 21.5 Å². The van der Waals surface area contributed by atoms with E-state index in [4.69, 9.17) is 0 Å². The van der Waals surface area contributed by atoms with E-state index >= 15 is 0 Å². The highest BCUT2D eigenvalue weighted by molar-refractivity contribution is 7.74. The highest BCUT2D eigenvalue weighted by Gasteiger charge is 2.27. The summed E-state index contributed by atoms with van der Waals surface area (Å²) < 4.78 is 13.4. The molecule has 2 nitrogen and oxygen atoms in total. The van der Waals surface area contributed by atoms with Crippen LogP contribution in [0.5, 0.6) is 0 Å². The van der Waals surface area contributed by atoms with Crippen molar-refractivity contribution in [1.29, 1.82) is 0 Å². The third-order valence-corrected chi connectivity index (χ3v) is 6.27. The van der Waals surface area contributed by atoms with E-state index in [1.54, 1.807) is 12.1 Å². The molecule has 0 unspecified atom stereocenters. The SMILES string of the molecule is O=P(O)(c1cccc2ccccc12)c1cccc2ccccc12. The molecule has 0 spiro atoms. The normalized spacial score (nSPS) is 11.9. The van der Waals surface area contributed by atoms with Crippen LogP contribution in [0.1, 0.15) is 0 Å². The van der Waals surface area contributed by atoms with Crippen LogP contribution in [0.25, 0.3) is 21.5 Å². The van der Waals surface area contributed by atoms with Crippen LogP contribution < -0.4 is 10.6 Å². The second-order valence-electron chi connectivity index (χ2n) is 5.57. The van der Waals surface area contributed by atoms with Crippen LogP contribution in [-0.2, 0) is 4.57 Å². The summed E-state index contributed by atoms with van der Waals surface area (Å²) in [6.07, 6.45) is 0. The summed E-state index contributed by atoms with van der Waals surface area (Å²) in [5, 5.41) is 4.58. The first-order valence-electron chi connectivity index (χ1n) is 7.47. The Hall–Kier alpha value is -2.41. The molecule has 0 aliphatic heterocycles. The van der Waals surface area contributed by atoms with Crippen molar-refractivity contribution in [3.63, 3.8) is 0 Å². The van der Waals surface area contributed by atoms with Crippen molar-refractivity contribution >= 4 is 39.5 Å². The van der Waals surface area contributed by atoms with Crippen molar-refractivity contribution in [1.82, 2.24) is 0 Å². The van der Waals surface area contributed by atoms with E-state index in [9.17, 15) is 9.46 Å². The lowest BCUT2D eigenvalue weighted by atomic mass is 10.1. The minimum absolute atomic E-state index is 0.493. The molecule has 0 radical (unpaired) electrons. The lowest BCUT2D eigenvalue weighted by Crippen LogP contribution is -2.17. The number of benzene rings is 4. The predicted octanol–water partition coefficient (Wildman–Crippen LogP) is 4.21. The first-order valence-corrected chi connectivity index (χ1v) is 9.13. The summed E-state index contributed by atoms with van der Waals surface area (Å²) in [5.41, 5.74) is 0. The first-order chi connectivity index (χ1) is 11.2. The molecular formula is C20H15O2P. The Labute approximate surface area is 134 Å². The Morgan fingerprint density at radius 3 is 1.43 bits per heavy atom. The molecule has 23 heavy (non-hydrogen) atoms. The molecule has 1 N–H and O–H groups in total. The van der Waals surface area contributed by atoms with E-state index in [0.29, 0.717) is 10.6 Å². The van der Waals surface area contributed by atoms with Gasteiger partial charge in [0.15, 0.2) is 0 Å². The maximum absolute atomic E-state index is 13.4. The van der Waals surface area contributed by atoms with Crippen LogP contribution in [0, 0.1) is 0 Å². The summed E-state index contributed by atoms with van der Waals surface area (Å²) in [6.45, 7) is 0. The number of fused-ring (bicyclic) bond motifs is 2. The lowest BCUT2D eigenvalue weighted by Gasteiger charge is -2.16. The van der Waals surface area contributed by atoms with Gasteiger partial charge >= 0.3 is 0 Å². The van der Waals surface area contributed by atoms with Gasteiger partial charge in [-0.2, -0.15) is 0 Å². The largest absolute Gasteiger partial charge is 0.338 e. The number of hydrogen-bond donors (Lipinski definition) is 1.